The Kier molecular flexibility index (Phi) is 6.49. The van der Waals surface area contributed by atoms with Crippen LogP contribution in [-0.4, -0.2) is 44.5 Å². The lowest BCUT2D eigenvalue weighted by atomic mass is 9.65. The SMILES string of the molecule is COc1ccc(-c2nnn(C)n2)cc1C1=C[C@]2(CCCC(C(=O)OC(C)(C)C)[C@H]2c2ccccc2)ON1. The Labute approximate surface area is 216 Å². The minimum Gasteiger partial charge on any atom is -0.496 e. The maximum Gasteiger partial charge on any atom is 0.310 e. The van der Waals surface area contributed by atoms with Gasteiger partial charge in [0.05, 0.1) is 25.8 Å². The summed E-state index contributed by atoms with van der Waals surface area (Å²) >= 11 is 0. The average Bonchev–Trinajstić information content (AvgIpc) is 3.50. The molecule has 194 valence electrons. The van der Waals surface area contributed by atoms with E-state index in [1.807, 2.05) is 57.2 Å². The number of tetrazole rings is 1. The number of aromatic nitrogens is 4. The number of rotatable bonds is 5. The van der Waals surface area contributed by atoms with Crippen molar-refractivity contribution in [1.82, 2.24) is 25.7 Å². The molecule has 2 aromatic carbocycles. The zero-order valence-corrected chi connectivity index (χ0v) is 21.9. The molecule has 1 aliphatic carbocycles. The van der Waals surface area contributed by atoms with E-state index < -0.39 is 11.2 Å². The number of carbonyl (C=O) groups is 1. The maximum absolute atomic E-state index is 13.4. The van der Waals surface area contributed by atoms with Gasteiger partial charge < -0.3 is 9.47 Å². The van der Waals surface area contributed by atoms with E-state index in [0.29, 0.717) is 11.6 Å². The molecule has 2 aliphatic rings. The van der Waals surface area contributed by atoms with Crippen molar-refractivity contribution in [2.24, 2.45) is 13.0 Å². The number of benzene rings is 2. The summed E-state index contributed by atoms with van der Waals surface area (Å²) in [5, 5.41) is 12.4. The highest BCUT2D eigenvalue weighted by atomic mass is 16.7. The van der Waals surface area contributed by atoms with Crippen LogP contribution in [0.2, 0.25) is 0 Å². The molecule has 1 saturated carbocycles. The van der Waals surface area contributed by atoms with Crippen LogP contribution in [0.4, 0.5) is 0 Å². The Bertz CT molecular complexity index is 1310. The molecule has 5 rings (SSSR count). The first kappa shape index (κ1) is 25.0. The molecule has 3 aromatic rings. The lowest BCUT2D eigenvalue weighted by Gasteiger charge is -2.43. The molecule has 0 amide bonds. The van der Waals surface area contributed by atoms with Gasteiger partial charge in [-0.1, -0.05) is 30.3 Å². The highest BCUT2D eigenvalue weighted by Crippen LogP contribution is 2.51. The molecule has 9 nitrogen and oxygen atoms in total. The van der Waals surface area contributed by atoms with Crippen molar-refractivity contribution >= 4 is 11.7 Å². The van der Waals surface area contributed by atoms with Crippen molar-refractivity contribution in [3.63, 3.8) is 0 Å². The largest absolute Gasteiger partial charge is 0.496 e. The third-order valence-corrected chi connectivity index (χ3v) is 6.88. The first-order valence-electron chi connectivity index (χ1n) is 12.6. The fourth-order valence-electron chi connectivity index (χ4n) is 5.39. The fourth-order valence-corrected chi connectivity index (χ4v) is 5.39. The van der Waals surface area contributed by atoms with Crippen LogP contribution in [0.1, 0.15) is 57.1 Å². The smallest absolute Gasteiger partial charge is 0.310 e. The van der Waals surface area contributed by atoms with E-state index in [2.05, 4.69) is 39.1 Å². The molecule has 1 aliphatic heterocycles. The van der Waals surface area contributed by atoms with Crippen LogP contribution < -0.4 is 10.2 Å². The molecule has 1 fully saturated rings. The zero-order chi connectivity index (χ0) is 26.2. The molecule has 1 aromatic heterocycles. The fraction of sp³-hybridized carbons (Fsp3) is 0.429. The van der Waals surface area contributed by atoms with Crippen LogP contribution in [0.3, 0.4) is 0 Å². The van der Waals surface area contributed by atoms with E-state index in [1.165, 1.54) is 4.80 Å². The molecule has 0 radical (unpaired) electrons. The summed E-state index contributed by atoms with van der Waals surface area (Å²) in [4.78, 5) is 21.3. The van der Waals surface area contributed by atoms with Crippen LogP contribution in [0, 0.1) is 5.92 Å². The number of nitrogens with zero attached hydrogens (tertiary/aromatic N) is 4. The average molecular weight is 504 g/mol. The predicted octanol–water partition coefficient (Wildman–Crippen LogP) is 4.43. The molecule has 37 heavy (non-hydrogen) atoms. The first-order valence-corrected chi connectivity index (χ1v) is 12.6. The summed E-state index contributed by atoms with van der Waals surface area (Å²) in [6.45, 7) is 5.70. The Hall–Kier alpha value is -3.72. The van der Waals surface area contributed by atoms with Crippen LogP contribution >= 0.6 is 0 Å². The third kappa shape index (κ3) is 4.96. The van der Waals surface area contributed by atoms with Gasteiger partial charge in [-0.15, -0.1) is 10.2 Å². The van der Waals surface area contributed by atoms with E-state index in [1.54, 1.807) is 14.2 Å². The Morgan fingerprint density at radius 2 is 1.97 bits per heavy atom. The Balaban J connectivity index is 1.57. The van der Waals surface area contributed by atoms with Crippen LogP contribution in [0.5, 0.6) is 5.75 Å². The Morgan fingerprint density at radius 1 is 1.19 bits per heavy atom. The highest BCUT2D eigenvalue weighted by molar-refractivity contribution is 5.77. The van der Waals surface area contributed by atoms with Gasteiger partial charge in [-0.05, 0) is 75.1 Å². The second-order valence-electron chi connectivity index (χ2n) is 10.7. The highest BCUT2D eigenvalue weighted by Gasteiger charge is 2.52. The van der Waals surface area contributed by atoms with Crippen LogP contribution in [0.15, 0.2) is 54.6 Å². The van der Waals surface area contributed by atoms with Crippen molar-refractivity contribution in [1.29, 1.82) is 0 Å². The number of hydroxylamine groups is 1. The number of nitrogens with one attached hydrogen (secondary N) is 1. The number of aryl methyl sites for hydroxylation is 1. The van der Waals surface area contributed by atoms with Gasteiger partial charge in [0.1, 0.15) is 17.0 Å². The number of carbonyl (C=O) groups excluding carboxylic acids is 1. The topological polar surface area (TPSA) is 100 Å². The van der Waals surface area contributed by atoms with E-state index in [0.717, 1.165) is 41.6 Å². The number of hydrogen-bond donors (Lipinski definition) is 1. The molecule has 1 unspecified atom stereocenters. The van der Waals surface area contributed by atoms with E-state index in [-0.39, 0.29) is 17.8 Å². The van der Waals surface area contributed by atoms with Crippen molar-refractivity contribution in [3.8, 4) is 17.1 Å². The quantitative estimate of drug-likeness (QED) is 0.511. The minimum atomic E-state index is -0.734. The third-order valence-electron chi connectivity index (χ3n) is 6.88. The summed E-state index contributed by atoms with van der Waals surface area (Å²) in [5.74, 6) is 0.440. The molecular formula is C28H33N5O4. The summed E-state index contributed by atoms with van der Waals surface area (Å²) in [6.07, 6.45) is 4.43. The molecule has 0 bridgehead atoms. The lowest BCUT2D eigenvalue weighted by molar-refractivity contribution is -0.168. The zero-order valence-electron chi connectivity index (χ0n) is 21.9. The molecule has 1 N–H and O–H groups in total. The van der Waals surface area contributed by atoms with Crippen molar-refractivity contribution in [3.05, 3.63) is 65.7 Å². The van der Waals surface area contributed by atoms with Gasteiger partial charge in [-0.25, -0.2) is 0 Å². The summed E-state index contributed by atoms with van der Waals surface area (Å²) in [5.41, 5.74) is 5.30. The summed E-state index contributed by atoms with van der Waals surface area (Å²) < 4.78 is 11.6. The van der Waals surface area contributed by atoms with Gasteiger partial charge in [-0.2, -0.15) is 4.80 Å². The standard InChI is InChI=1S/C28H33N5O4/c1-27(2,3)36-26(34)20-12-9-15-28(24(20)18-10-7-6-8-11-18)17-22(31-37-28)21-16-19(13-14-23(21)35-5)25-29-32-33(4)30-25/h6-8,10-11,13-14,16-17,20,24,31H,9,12,15H2,1-5H3/t20?,24-,28+/m1/s1. The number of hydrogen-bond acceptors (Lipinski definition) is 8. The van der Waals surface area contributed by atoms with E-state index >= 15 is 0 Å². The van der Waals surface area contributed by atoms with E-state index in [4.69, 9.17) is 14.3 Å². The maximum atomic E-state index is 13.4. The van der Waals surface area contributed by atoms with Crippen molar-refractivity contribution in [2.45, 2.75) is 57.2 Å². The Morgan fingerprint density at radius 3 is 2.65 bits per heavy atom. The van der Waals surface area contributed by atoms with Gasteiger partial charge in [0.2, 0.25) is 5.82 Å². The minimum absolute atomic E-state index is 0.195. The molecule has 0 saturated heterocycles. The van der Waals surface area contributed by atoms with Crippen LogP contribution in [-0.2, 0) is 21.4 Å². The van der Waals surface area contributed by atoms with E-state index in [9.17, 15) is 4.79 Å². The molecule has 9 heteroatoms. The molecule has 3 atom stereocenters. The normalized spacial score (nSPS) is 23.4. The first-order chi connectivity index (χ1) is 17.7. The number of ether oxygens (including phenoxy) is 2. The predicted molar refractivity (Wildman–Crippen MR) is 138 cm³/mol. The second-order valence-corrected chi connectivity index (χ2v) is 10.7. The summed E-state index contributed by atoms with van der Waals surface area (Å²) in [7, 11) is 3.37. The van der Waals surface area contributed by atoms with Gasteiger partial charge >= 0.3 is 5.97 Å². The monoisotopic (exact) mass is 503 g/mol. The van der Waals surface area contributed by atoms with Crippen molar-refractivity contribution < 1.29 is 19.1 Å². The van der Waals surface area contributed by atoms with Gasteiger partial charge in [-0.3, -0.25) is 15.1 Å². The molecular weight excluding hydrogens is 470 g/mol. The number of esters is 1. The van der Waals surface area contributed by atoms with Crippen molar-refractivity contribution in [2.75, 3.05) is 7.11 Å². The second kappa shape index (κ2) is 9.63. The van der Waals surface area contributed by atoms with Gasteiger partial charge in [0.25, 0.3) is 0 Å². The molecule has 2 heterocycles. The molecule has 1 spiro atoms. The van der Waals surface area contributed by atoms with Gasteiger partial charge in [0.15, 0.2) is 0 Å². The number of methoxy groups -OCH3 is 1. The lowest BCUT2D eigenvalue weighted by Crippen LogP contribution is -2.47. The summed E-state index contributed by atoms with van der Waals surface area (Å²) in [6, 6.07) is 15.8. The van der Waals surface area contributed by atoms with Gasteiger partial charge in [0, 0.05) is 17.0 Å². The van der Waals surface area contributed by atoms with Crippen LogP contribution in [0.25, 0.3) is 17.1 Å².